The summed E-state index contributed by atoms with van der Waals surface area (Å²) in [5.41, 5.74) is 3.85. The van der Waals surface area contributed by atoms with Gasteiger partial charge in [-0.1, -0.05) is 17.7 Å². The number of benzene rings is 3. The third-order valence-electron chi connectivity index (χ3n) is 4.24. The van der Waals surface area contributed by atoms with E-state index >= 15 is 0 Å². The maximum atomic E-state index is 12.9. The molecule has 148 valence electrons. The first-order chi connectivity index (χ1) is 13.9. The molecule has 2 amide bonds. The van der Waals surface area contributed by atoms with E-state index < -0.39 is 0 Å². The molecule has 0 aromatic heterocycles. The predicted molar refractivity (Wildman–Crippen MR) is 111 cm³/mol. The quantitative estimate of drug-likeness (QED) is 0.638. The van der Waals surface area contributed by atoms with Gasteiger partial charge in [-0.2, -0.15) is 0 Å². The topological polar surface area (TPSA) is 67.4 Å². The normalized spacial score (nSPS) is 10.3. The van der Waals surface area contributed by atoms with Crippen LogP contribution in [-0.2, 0) is 4.79 Å². The SMILES string of the molecule is Cc1ccc(NC(=O)c2ccc(OCC(=O)Nc3ccc(F)cc3)cc2)c(C)c1. The Kier molecular flexibility index (Phi) is 6.24. The minimum Gasteiger partial charge on any atom is -0.484 e. The Morgan fingerprint density at radius 1 is 0.897 bits per heavy atom. The molecule has 3 aromatic rings. The van der Waals surface area contributed by atoms with Crippen LogP contribution in [0.15, 0.2) is 66.7 Å². The van der Waals surface area contributed by atoms with Crippen molar-refractivity contribution in [3.63, 3.8) is 0 Å². The second kappa shape index (κ2) is 9.01. The van der Waals surface area contributed by atoms with Crippen molar-refractivity contribution in [1.82, 2.24) is 0 Å². The van der Waals surface area contributed by atoms with Crippen molar-refractivity contribution in [3.05, 3.63) is 89.2 Å². The van der Waals surface area contributed by atoms with E-state index in [1.54, 1.807) is 24.3 Å². The van der Waals surface area contributed by atoms with Crippen LogP contribution in [0.4, 0.5) is 15.8 Å². The predicted octanol–water partition coefficient (Wildman–Crippen LogP) is 4.71. The Morgan fingerprint density at radius 2 is 1.59 bits per heavy atom. The van der Waals surface area contributed by atoms with E-state index in [1.807, 2.05) is 32.0 Å². The maximum Gasteiger partial charge on any atom is 0.262 e. The Labute approximate surface area is 168 Å². The molecule has 0 aliphatic rings. The van der Waals surface area contributed by atoms with Crippen LogP contribution in [-0.4, -0.2) is 18.4 Å². The zero-order valence-corrected chi connectivity index (χ0v) is 16.2. The van der Waals surface area contributed by atoms with Crippen molar-refractivity contribution in [3.8, 4) is 5.75 Å². The van der Waals surface area contributed by atoms with Crippen LogP contribution in [0, 0.1) is 19.7 Å². The highest BCUT2D eigenvalue weighted by Gasteiger charge is 2.09. The summed E-state index contributed by atoms with van der Waals surface area (Å²) in [6.07, 6.45) is 0. The molecule has 0 fully saturated rings. The number of rotatable bonds is 6. The number of aryl methyl sites for hydroxylation is 2. The zero-order chi connectivity index (χ0) is 20.8. The smallest absolute Gasteiger partial charge is 0.262 e. The van der Waals surface area contributed by atoms with Crippen molar-refractivity contribution in [1.29, 1.82) is 0 Å². The van der Waals surface area contributed by atoms with Gasteiger partial charge in [0.05, 0.1) is 0 Å². The van der Waals surface area contributed by atoms with Crippen molar-refractivity contribution in [2.24, 2.45) is 0 Å². The molecular weight excluding hydrogens is 371 g/mol. The number of hydrogen-bond acceptors (Lipinski definition) is 3. The summed E-state index contributed by atoms with van der Waals surface area (Å²) in [5, 5.41) is 5.49. The summed E-state index contributed by atoms with van der Waals surface area (Å²) >= 11 is 0. The lowest BCUT2D eigenvalue weighted by molar-refractivity contribution is -0.118. The van der Waals surface area contributed by atoms with Crippen LogP contribution in [0.25, 0.3) is 0 Å². The first-order valence-corrected chi connectivity index (χ1v) is 9.07. The van der Waals surface area contributed by atoms with Crippen LogP contribution in [0.2, 0.25) is 0 Å². The molecule has 5 nitrogen and oxygen atoms in total. The molecule has 0 saturated carbocycles. The number of anilines is 2. The van der Waals surface area contributed by atoms with Crippen LogP contribution >= 0.6 is 0 Å². The first-order valence-electron chi connectivity index (χ1n) is 9.07. The Bertz CT molecular complexity index is 1020. The summed E-state index contributed by atoms with van der Waals surface area (Å²) in [6.45, 7) is 3.74. The Hall–Kier alpha value is -3.67. The summed E-state index contributed by atoms with van der Waals surface area (Å²) in [7, 11) is 0. The molecule has 3 rings (SSSR count). The lowest BCUT2D eigenvalue weighted by atomic mass is 10.1. The van der Waals surface area contributed by atoms with E-state index in [0.717, 1.165) is 16.8 Å². The molecule has 0 aliphatic carbocycles. The fraction of sp³-hybridized carbons (Fsp3) is 0.130. The molecular formula is C23H21FN2O3. The third kappa shape index (κ3) is 5.65. The maximum absolute atomic E-state index is 12.9. The van der Waals surface area contributed by atoms with Crippen molar-refractivity contribution in [2.75, 3.05) is 17.2 Å². The average Bonchev–Trinajstić information content (AvgIpc) is 2.70. The fourth-order valence-corrected chi connectivity index (χ4v) is 2.73. The van der Waals surface area contributed by atoms with Gasteiger partial charge in [-0.3, -0.25) is 9.59 Å². The minimum absolute atomic E-state index is 0.203. The third-order valence-corrected chi connectivity index (χ3v) is 4.24. The Morgan fingerprint density at radius 3 is 2.24 bits per heavy atom. The number of carbonyl (C=O) groups is 2. The average molecular weight is 392 g/mol. The highest BCUT2D eigenvalue weighted by molar-refractivity contribution is 6.04. The van der Waals surface area contributed by atoms with E-state index in [9.17, 15) is 14.0 Å². The van der Waals surface area contributed by atoms with Crippen LogP contribution < -0.4 is 15.4 Å². The number of ether oxygens (including phenoxy) is 1. The molecule has 0 saturated heterocycles. The van der Waals surface area contributed by atoms with Crippen LogP contribution in [0.1, 0.15) is 21.5 Å². The Balaban J connectivity index is 1.53. The molecule has 0 unspecified atom stereocenters. The fourth-order valence-electron chi connectivity index (χ4n) is 2.73. The molecule has 0 radical (unpaired) electrons. The van der Waals surface area contributed by atoms with E-state index in [2.05, 4.69) is 10.6 Å². The molecule has 0 aliphatic heterocycles. The van der Waals surface area contributed by atoms with Gasteiger partial charge in [-0.25, -0.2) is 4.39 Å². The van der Waals surface area contributed by atoms with Gasteiger partial charge in [0.25, 0.3) is 11.8 Å². The number of halogens is 1. The largest absolute Gasteiger partial charge is 0.484 e. The molecule has 0 bridgehead atoms. The number of carbonyl (C=O) groups excluding carboxylic acids is 2. The van der Waals surface area contributed by atoms with Crippen LogP contribution in [0.5, 0.6) is 5.75 Å². The van der Waals surface area contributed by atoms with Gasteiger partial charge >= 0.3 is 0 Å². The second-order valence-electron chi connectivity index (χ2n) is 6.64. The highest BCUT2D eigenvalue weighted by Crippen LogP contribution is 2.18. The molecule has 0 atom stereocenters. The molecule has 3 aromatic carbocycles. The molecule has 29 heavy (non-hydrogen) atoms. The van der Waals surface area contributed by atoms with Gasteiger partial charge < -0.3 is 15.4 Å². The molecule has 0 heterocycles. The second-order valence-corrected chi connectivity index (χ2v) is 6.64. The lowest BCUT2D eigenvalue weighted by Gasteiger charge is -2.10. The highest BCUT2D eigenvalue weighted by atomic mass is 19.1. The number of nitrogens with one attached hydrogen (secondary N) is 2. The van der Waals surface area contributed by atoms with E-state index in [-0.39, 0.29) is 24.2 Å². The van der Waals surface area contributed by atoms with E-state index in [4.69, 9.17) is 4.74 Å². The molecule has 2 N–H and O–H groups in total. The van der Waals surface area contributed by atoms with Gasteiger partial charge in [0.2, 0.25) is 0 Å². The van der Waals surface area contributed by atoms with Crippen molar-refractivity contribution in [2.45, 2.75) is 13.8 Å². The number of hydrogen-bond donors (Lipinski definition) is 2. The standard InChI is InChI=1S/C23H21FN2O3/c1-15-3-12-21(16(2)13-15)26-23(28)17-4-10-20(11-5-17)29-14-22(27)25-19-8-6-18(24)7-9-19/h3-13H,14H2,1-2H3,(H,25,27)(H,26,28). The summed E-state index contributed by atoms with van der Waals surface area (Å²) in [5.74, 6) is -0.505. The van der Waals surface area contributed by atoms with E-state index in [1.165, 1.54) is 24.3 Å². The van der Waals surface area contributed by atoms with Crippen LogP contribution in [0.3, 0.4) is 0 Å². The summed E-state index contributed by atoms with van der Waals surface area (Å²) < 4.78 is 18.3. The van der Waals surface area contributed by atoms with Crippen molar-refractivity contribution < 1.29 is 18.7 Å². The first kappa shape index (κ1) is 20.1. The van der Waals surface area contributed by atoms with Gasteiger partial charge in [0.1, 0.15) is 11.6 Å². The zero-order valence-electron chi connectivity index (χ0n) is 16.2. The van der Waals surface area contributed by atoms with Gasteiger partial charge in [-0.15, -0.1) is 0 Å². The van der Waals surface area contributed by atoms with E-state index in [0.29, 0.717) is 17.0 Å². The van der Waals surface area contributed by atoms with Gasteiger partial charge in [0.15, 0.2) is 6.61 Å². The summed E-state index contributed by atoms with van der Waals surface area (Å²) in [4.78, 5) is 24.3. The number of amides is 2. The minimum atomic E-state index is -0.374. The monoisotopic (exact) mass is 392 g/mol. The molecule has 0 spiro atoms. The summed E-state index contributed by atoms with van der Waals surface area (Å²) in [6, 6.07) is 17.8. The van der Waals surface area contributed by atoms with Gasteiger partial charge in [-0.05, 0) is 74.0 Å². The molecule has 6 heteroatoms. The van der Waals surface area contributed by atoms with Crippen molar-refractivity contribution >= 4 is 23.2 Å². The lowest BCUT2D eigenvalue weighted by Crippen LogP contribution is -2.20. The van der Waals surface area contributed by atoms with Gasteiger partial charge in [0, 0.05) is 16.9 Å².